The van der Waals surface area contributed by atoms with Gasteiger partial charge in [-0.25, -0.2) is 0 Å². The van der Waals surface area contributed by atoms with E-state index in [1.54, 1.807) is 23.5 Å². The summed E-state index contributed by atoms with van der Waals surface area (Å²) in [7, 11) is 0. The summed E-state index contributed by atoms with van der Waals surface area (Å²) in [6.45, 7) is 2.85. The molecule has 4 aromatic rings. The fourth-order valence-corrected chi connectivity index (χ4v) is 5.59. The van der Waals surface area contributed by atoms with Gasteiger partial charge in [0, 0.05) is 26.1 Å². The maximum Gasteiger partial charge on any atom is 0.0692 e. The van der Waals surface area contributed by atoms with Crippen LogP contribution in [0, 0.1) is 0 Å². The maximum atomic E-state index is 9.31. The van der Waals surface area contributed by atoms with Crippen LogP contribution < -0.4 is 5.73 Å². The Kier molecular flexibility index (Phi) is 10.7. The molecule has 0 aliphatic heterocycles. The van der Waals surface area contributed by atoms with E-state index in [-0.39, 0.29) is 13.2 Å². The van der Waals surface area contributed by atoms with Gasteiger partial charge in [-0.1, -0.05) is 103 Å². The molecule has 0 atom stereocenters. The average Bonchev–Trinajstić information content (AvgIpc) is 2.90. The second kappa shape index (κ2) is 14.0. The Morgan fingerprint density at radius 1 is 0.529 bits per heavy atom. The molecule has 4 aromatic carbocycles. The van der Waals surface area contributed by atoms with Gasteiger partial charge in [0.1, 0.15) is 0 Å². The SMILES string of the molecule is CCc1ccccc1Sc1ccccc1CO.NCc1ccccc1Sc1ccccc1CO. The molecule has 34 heavy (non-hydrogen) atoms. The highest BCUT2D eigenvalue weighted by molar-refractivity contribution is 7.99. The van der Waals surface area contributed by atoms with E-state index >= 15 is 0 Å². The lowest BCUT2D eigenvalue weighted by atomic mass is 10.2. The quantitative estimate of drug-likeness (QED) is 0.258. The predicted molar refractivity (Wildman–Crippen MR) is 143 cm³/mol. The van der Waals surface area contributed by atoms with Crippen LogP contribution in [0.4, 0.5) is 0 Å². The topological polar surface area (TPSA) is 66.5 Å². The Hall–Kier alpha value is -2.54. The molecule has 0 fully saturated rings. The molecule has 0 aromatic heterocycles. The number of benzene rings is 4. The highest BCUT2D eigenvalue weighted by atomic mass is 32.2. The van der Waals surface area contributed by atoms with Gasteiger partial charge in [-0.3, -0.25) is 0 Å². The fraction of sp³-hybridized carbons (Fsp3) is 0.172. The van der Waals surface area contributed by atoms with Crippen molar-refractivity contribution >= 4 is 23.5 Å². The van der Waals surface area contributed by atoms with E-state index in [1.807, 2.05) is 60.7 Å². The number of nitrogens with two attached hydrogens (primary N) is 1. The molecule has 0 heterocycles. The van der Waals surface area contributed by atoms with Gasteiger partial charge in [-0.2, -0.15) is 0 Å². The van der Waals surface area contributed by atoms with Crippen molar-refractivity contribution in [2.45, 2.75) is 52.7 Å². The first-order chi connectivity index (χ1) is 16.7. The van der Waals surface area contributed by atoms with Crippen LogP contribution in [0.5, 0.6) is 0 Å². The molecule has 4 rings (SSSR count). The van der Waals surface area contributed by atoms with E-state index < -0.39 is 0 Å². The van der Waals surface area contributed by atoms with Crippen LogP contribution >= 0.6 is 23.5 Å². The molecule has 0 saturated carbocycles. The highest BCUT2D eigenvalue weighted by Crippen LogP contribution is 2.33. The molecule has 176 valence electrons. The number of aliphatic hydroxyl groups excluding tert-OH is 2. The summed E-state index contributed by atoms with van der Waals surface area (Å²) in [5.74, 6) is 0. The minimum absolute atomic E-state index is 0.0635. The lowest BCUT2D eigenvalue weighted by Gasteiger charge is -2.09. The largest absolute Gasteiger partial charge is 0.392 e. The Morgan fingerprint density at radius 2 is 0.853 bits per heavy atom. The molecule has 0 aliphatic carbocycles. The maximum absolute atomic E-state index is 9.31. The van der Waals surface area contributed by atoms with Gasteiger partial charge in [0.15, 0.2) is 0 Å². The van der Waals surface area contributed by atoms with Crippen molar-refractivity contribution < 1.29 is 10.2 Å². The van der Waals surface area contributed by atoms with Crippen LogP contribution in [0.15, 0.2) is 117 Å². The van der Waals surface area contributed by atoms with Crippen molar-refractivity contribution in [1.29, 1.82) is 0 Å². The molecule has 0 amide bonds. The van der Waals surface area contributed by atoms with Crippen molar-refractivity contribution in [3.8, 4) is 0 Å². The minimum atomic E-state index is 0.0635. The van der Waals surface area contributed by atoms with E-state index in [0.717, 1.165) is 37.8 Å². The summed E-state index contributed by atoms with van der Waals surface area (Å²) in [6, 6.07) is 32.4. The monoisotopic (exact) mass is 489 g/mol. The van der Waals surface area contributed by atoms with Crippen LogP contribution in [-0.4, -0.2) is 10.2 Å². The normalized spacial score (nSPS) is 10.5. The van der Waals surface area contributed by atoms with E-state index in [1.165, 1.54) is 10.5 Å². The molecule has 0 saturated heterocycles. The Labute approximate surface area is 211 Å². The minimum Gasteiger partial charge on any atom is -0.392 e. The molecule has 0 radical (unpaired) electrons. The molecule has 5 heteroatoms. The Balaban J connectivity index is 0.000000191. The summed E-state index contributed by atoms with van der Waals surface area (Å²) >= 11 is 3.38. The Bertz CT molecular complexity index is 996. The van der Waals surface area contributed by atoms with E-state index in [9.17, 15) is 10.2 Å². The molecule has 0 aliphatic rings. The number of rotatable bonds is 8. The standard InChI is InChI=1S/C15H16OS.C14H15NOS/c1-2-12-7-3-5-9-14(12)17-15-10-6-4-8-13(15)11-16;15-9-11-5-1-3-7-13(11)17-14-8-4-2-6-12(14)10-16/h3-10,16H,2,11H2,1H3;1-8,16H,9-10,15H2. The van der Waals surface area contributed by atoms with E-state index in [2.05, 4.69) is 43.3 Å². The van der Waals surface area contributed by atoms with Crippen LogP contribution in [-0.2, 0) is 26.2 Å². The molecule has 3 nitrogen and oxygen atoms in total. The molecule has 0 spiro atoms. The van der Waals surface area contributed by atoms with Gasteiger partial charge in [0.25, 0.3) is 0 Å². The molecule has 4 N–H and O–H groups in total. The first-order valence-electron chi connectivity index (χ1n) is 11.3. The van der Waals surface area contributed by atoms with Crippen LogP contribution in [0.25, 0.3) is 0 Å². The van der Waals surface area contributed by atoms with E-state index in [0.29, 0.717) is 6.54 Å². The molecule has 0 bridgehead atoms. The van der Waals surface area contributed by atoms with Gasteiger partial charge in [-0.15, -0.1) is 0 Å². The van der Waals surface area contributed by atoms with Crippen molar-refractivity contribution in [2.75, 3.05) is 0 Å². The first-order valence-corrected chi connectivity index (χ1v) is 12.9. The summed E-state index contributed by atoms with van der Waals surface area (Å²) in [6.07, 6.45) is 1.03. The molecule has 0 unspecified atom stereocenters. The number of aliphatic hydroxyl groups is 2. The van der Waals surface area contributed by atoms with Crippen molar-refractivity contribution in [3.05, 3.63) is 119 Å². The Morgan fingerprint density at radius 3 is 1.24 bits per heavy atom. The third-order valence-corrected chi connectivity index (χ3v) is 7.74. The van der Waals surface area contributed by atoms with Crippen LogP contribution in [0.1, 0.15) is 29.2 Å². The van der Waals surface area contributed by atoms with Gasteiger partial charge >= 0.3 is 0 Å². The third-order valence-electron chi connectivity index (χ3n) is 5.27. The van der Waals surface area contributed by atoms with E-state index in [4.69, 9.17) is 5.73 Å². The zero-order valence-electron chi connectivity index (χ0n) is 19.4. The third kappa shape index (κ3) is 7.23. The van der Waals surface area contributed by atoms with Gasteiger partial charge in [0.2, 0.25) is 0 Å². The van der Waals surface area contributed by atoms with Crippen molar-refractivity contribution in [2.24, 2.45) is 5.73 Å². The number of hydrogen-bond acceptors (Lipinski definition) is 5. The predicted octanol–water partition coefficient (Wildman–Crippen LogP) is 6.68. The smallest absolute Gasteiger partial charge is 0.0692 e. The number of aryl methyl sites for hydroxylation is 1. The summed E-state index contributed by atoms with van der Waals surface area (Å²) < 4.78 is 0. The van der Waals surface area contributed by atoms with Gasteiger partial charge in [-0.05, 0) is 52.9 Å². The zero-order valence-corrected chi connectivity index (χ0v) is 21.0. The van der Waals surface area contributed by atoms with Gasteiger partial charge in [0.05, 0.1) is 13.2 Å². The van der Waals surface area contributed by atoms with Gasteiger partial charge < -0.3 is 15.9 Å². The fourth-order valence-electron chi connectivity index (χ4n) is 3.37. The van der Waals surface area contributed by atoms with Crippen molar-refractivity contribution in [3.63, 3.8) is 0 Å². The number of hydrogen-bond donors (Lipinski definition) is 3. The zero-order chi connectivity index (χ0) is 24.2. The molecular formula is C29H31NO2S2. The summed E-state index contributed by atoms with van der Waals surface area (Å²) in [4.78, 5) is 4.64. The molecular weight excluding hydrogens is 458 g/mol. The highest BCUT2D eigenvalue weighted by Gasteiger charge is 2.07. The van der Waals surface area contributed by atoms with Crippen LogP contribution in [0.2, 0.25) is 0 Å². The average molecular weight is 490 g/mol. The summed E-state index contributed by atoms with van der Waals surface area (Å²) in [5.41, 5.74) is 10.1. The lowest BCUT2D eigenvalue weighted by molar-refractivity contribution is 0.278. The second-order valence-corrected chi connectivity index (χ2v) is 9.68. The van der Waals surface area contributed by atoms with Crippen molar-refractivity contribution in [1.82, 2.24) is 0 Å². The lowest BCUT2D eigenvalue weighted by Crippen LogP contribution is -1.98. The first kappa shape index (κ1) is 26.1. The van der Waals surface area contributed by atoms with Crippen LogP contribution in [0.3, 0.4) is 0 Å². The second-order valence-electron chi connectivity index (χ2n) is 7.51. The summed E-state index contributed by atoms with van der Waals surface area (Å²) in [5, 5.41) is 18.6.